The molecule has 17 heavy (non-hydrogen) atoms. The first-order chi connectivity index (χ1) is 8.18. The van der Waals surface area contributed by atoms with Crippen molar-refractivity contribution in [3.05, 3.63) is 30.0 Å². The van der Waals surface area contributed by atoms with Gasteiger partial charge in [0.05, 0.1) is 17.3 Å². The molecule has 0 fully saturated rings. The highest BCUT2D eigenvalue weighted by Crippen LogP contribution is 2.16. The van der Waals surface area contributed by atoms with E-state index in [9.17, 15) is 0 Å². The first-order valence-corrected chi connectivity index (χ1v) is 5.98. The van der Waals surface area contributed by atoms with Crippen molar-refractivity contribution >= 4 is 10.9 Å². The van der Waals surface area contributed by atoms with Crippen LogP contribution in [-0.4, -0.2) is 27.5 Å². The number of rotatable bonds is 5. The molecule has 0 saturated heterocycles. The van der Waals surface area contributed by atoms with Crippen LogP contribution in [0.15, 0.2) is 24.3 Å². The minimum atomic E-state index is -0.247. The normalized spacial score (nSPS) is 13.1. The van der Waals surface area contributed by atoms with Gasteiger partial charge in [-0.25, -0.2) is 0 Å². The number of nitrogens with zero attached hydrogens (tertiary/aromatic N) is 2. The predicted molar refractivity (Wildman–Crippen MR) is 68.7 cm³/mol. The van der Waals surface area contributed by atoms with Crippen molar-refractivity contribution in [3.8, 4) is 0 Å². The number of hydrogen-bond acceptors (Lipinski definition) is 3. The number of aryl methyl sites for hydroxylation is 1. The maximum Gasteiger partial charge on any atom is 0.0841 e. The molecule has 92 valence electrons. The Labute approximate surface area is 101 Å². The Morgan fingerprint density at radius 2 is 2.18 bits per heavy atom. The lowest BCUT2D eigenvalue weighted by Gasteiger charge is -2.04. The van der Waals surface area contributed by atoms with Gasteiger partial charge in [-0.3, -0.25) is 4.68 Å². The number of hydrogen-bond donors (Lipinski definition) is 2. The van der Waals surface area contributed by atoms with E-state index in [-0.39, 0.29) is 6.10 Å². The van der Waals surface area contributed by atoms with E-state index >= 15 is 0 Å². The Morgan fingerprint density at radius 1 is 1.41 bits per heavy atom. The van der Waals surface area contributed by atoms with E-state index in [1.807, 2.05) is 23.9 Å². The van der Waals surface area contributed by atoms with E-state index in [0.717, 1.165) is 30.7 Å². The molecule has 1 heterocycles. The second-order valence-electron chi connectivity index (χ2n) is 4.40. The van der Waals surface area contributed by atoms with Gasteiger partial charge in [-0.05, 0) is 26.0 Å². The van der Waals surface area contributed by atoms with Crippen LogP contribution in [0.1, 0.15) is 19.0 Å². The molecule has 4 nitrogen and oxygen atoms in total. The van der Waals surface area contributed by atoms with E-state index in [1.165, 1.54) is 5.39 Å². The van der Waals surface area contributed by atoms with E-state index in [2.05, 4.69) is 22.5 Å². The van der Waals surface area contributed by atoms with Crippen molar-refractivity contribution in [2.75, 3.05) is 6.54 Å². The molecule has 0 spiro atoms. The summed E-state index contributed by atoms with van der Waals surface area (Å²) in [5, 5.41) is 18.2. The molecule has 2 N–H and O–H groups in total. The van der Waals surface area contributed by atoms with Gasteiger partial charge < -0.3 is 10.4 Å². The summed E-state index contributed by atoms with van der Waals surface area (Å²) >= 11 is 0. The maximum absolute atomic E-state index is 9.17. The van der Waals surface area contributed by atoms with Crippen LogP contribution in [0.4, 0.5) is 0 Å². The number of aliphatic hydroxyl groups is 1. The second kappa shape index (κ2) is 5.29. The summed E-state index contributed by atoms with van der Waals surface area (Å²) in [6.07, 6.45) is 0.521. The van der Waals surface area contributed by atoms with E-state index in [4.69, 9.17) is 5.11 Å². The van der Waals surface area contributed by atoms with Crippen molar-refractivity contribution < 1.29 is 5.11 Å². The van der Waals surface area contributed by atoms with Crippen LogP contribution < -0.4 is 5.32 Å². The molecule has 0 aliphatic heterocycles. The molecule has 1 aromatic carbocycles. The van der Waals surface area contributed by atoms with Crippen LogP contribution in [0.2, 0.25) is 0 Å². The molecule has 2 aromatic rings. The third-order valence-electron chi connectivity index (χ3n) is 2.87. The standard InChI is InChI=1S/C13H19N3O/c1-10(17)7-8-14-9-12-11-5-3-4-6-13(11)16(2)15-12/h3-6,10,14,17H,7-9H2,1-2H3. The number of aliphatic hydroxyl groups excluding tert-OH is 1. The molecule has 0 amide bonds. The van der Waals surface area contributed by atoms with E-state index < -0.39 is 0 Å². The lowest BCUT2D eigenvalue weighted by Crippen LogP contribution is -2.19. The Kier molecular flexibility index (Phi) is 3.76. The number of fused-ring (bicyclic) bond motifs is 1. The summed E-state index contributed by atoms with van der Waals surface area (Å²) in [4.78, 5) is 0. The number of para-hydroxylation sites is 1. The van der Waals surface area contributed by atoms with Crippen LogP contribution in [0.5, 0.6) is 0 Å². The van der Waals surface area contributed by atoms with Crippen LogP contribution >= 0.6 is 0 Å². The Balaban J connectivity index is 2.04. The summed E-state index contributed by atoms with van der Waals surface area (Å²) in [6.45, 7) is 3.36. The molecule has 2 rings (SSSR count). The summed E-state index contributed by atoms with van der Waals surface area (Å²) in [5.41, 5.74) is 2.22. The molecule has 1 atom stereocenters. The Morgan fingerprint density at radius 3 is 2.94 bits per heavy atom. The zero-order valence-electron chi connectivity index (χ0n) is 10.3. The fourth-order valence-electron chi connectivity index (χ4n) is 1.94. The van der Waals surface area contributed by atoms with Crippen LogP contribution in [0.3, 0.4) is 0 Å². The summed E-state index contributed by atoms with van der Waals surface area (Å²) in [7, 11) is 1.96. The Bertz CT molecular complexity index is 490. The number of nitrogens with one attached hydrogen (secondary N) is 1. The van der Waals surface area contributed by atoms with Gasteiger partial charge in [-0.2, -0.15) is 5.10 Å². The van der Waals surface area contributed by atoms with Gasteiger partial charge in [0.15, 0.2) is 0 Å². The highest BCUT2D eigenvalue weighted by molar-refractivity contribution is 5.81. The van der Waals surface area contributed by atoms with Gasteiger partial charge in [0.2, 0.25) is 0 Å². The number of benzene rings is 1. The molecule has 1 aromatic heterocycles. The van der Waals surface area contributed by atoms with Gasteiger partial charge in [-0.1, -0.05) is 18.2 Å². The molecular weight excluding hydrogens is 214 g/mol. The maximum atomic E-state index is 9.17. The molecule has 0 bridgehead atoms. The third kappa shape index (κ3) is 2.84. The van der Waals surface area contributed by atoms with Gasteiger partial charge in [0.25, 0.3) is 0 Å². The van der Waals surface area contributed by atoms with Crippen molar-refractivity contribution in [3.63, 3.8) is 0 Å². The third-order valence-corrected chi connectivity index (χ3v) is 2.87. The molecule has 4 heteroatoms. The molecular formula is C13H19N3O. The first-order valence-electron chi connectivity index (χ1n) is 5.98. The highest BCUT2D eigenvalue weighted by atomic mass is 16.3. The topological polar surface area (TPSA) is 50.1 Å². The lowest BCUT2D eigenvalue weighted by molar-refractivity contribution is 0.183. The van der Waals surface area contributed by atoms with Gasteiger partial charge in [0, 0.05) is 19.0 Å². The van der Waals surface area contributed by atoms with Crippen LogP contribution in [0, 0.1) is 0 Å². The Hall–Kier alpha value is -1.39. The average Bonchev–Trinajstić information content (AvgIpc) is 2.63. The van der Waals surface area contributed by atoms with Crippen molar-refractivity contribution in [2.45, 2.75) is 26.0 Å². The predicted octanol–water partition coefficient (Wildman–Crippen LogP) is 1.43. The lowest BCUT2D eigenvalue weighted by atomic mass is 10.2. The fourth-order valence-corrected chi connectivity index (χ4v) is 1.94. The quantitative estimate of drug-likeness (QED) is 0.768. The van der Waals surface area contributed by atoms with Crippen molar-refractivity contribution in [1.29, 1.82) is 0 Å². The fraction of sp³-hybridized carbons (Fsp3) is 0.462. The molecule has 0 aliphatic rings. The largest absolute Gasteiger partial charge is 0.393 e. The first kappa shape index (κ1) is 12.1. The van der Waals surface area contributed by atoms with Crippen LogP contribution in [0.25, 0.3) is 10.9 Å². The average molecular weight is 233 g/mol. The van der Waals surface area contributed by atoms with Gasteiger partial charge in [-0.15, -0.1) is 0 Å². The van der Waals surface area contributed by atoms with Crippen LogP contribution in [-0.2, 0) is 13.6 Å². The van der Waals surface area contributed by atoms with Crippen molar-refractivity contribution in [1.82, 2.24) is 15.1 Å². The SMILES string of the molecule is CC(O)CCNCc1nn(C)c2ccccc12. The summed E-state index contributed by atoms with van der Waals surface area (Å²) in [5.74, 6) is 0. The summed E-state index contributed by atoms with van der Waals surface area (Å²) < 4.78 is 1.90. The molecule has 0 aliphatic carbocycles. The van der Waals surface area contributed by atoms with Crippen molar-refractivity contribution in [2.24, 2.45) is 7.05 Å². The monoisotopic (exact) mass is 233 g/mol. The molecule has 1 unspecified atom stereocenters. The van der Waals surface area contributed by atoms with Gasteiger partial charge in [0.1, 0.15) is 0 Å². The van der Waals surface area contributed by atoms with E-state index in [0.29, 0.717) is 0 Å². The molecule has 0 radical (unpaired) electrons. The minimum Gasteiger partial charge on any atom is -0.393 e. The van der Waals surface area contributed by atoms with Gasteiger partial charge >= 0.3 is 0 Å². The zero-order valence-corrected chi connectivity index (χ0v) is 10.3. The summed E-state index contributed by atoms with van der Waals surface area (Å²) in [6, 6.07) is 8.22. The highest BCUT2D eigenvalue weighted by Gasteiger charge is 2.06. The smallest absolute Gasteiger partial charge is 0.0841 e. The number of aromatic nitrogens is 2. The molecule has 0 saturated carbocycles. The second-order valence-corrected chi connectivity index (χ2v) is 4.40. The van der Waals surface area contributed by atoms with E-state index in [1.54, 1.807) is 6.92 Å². The minimum absolute atomic E-state index is 0.247. The zero-order chi connectivity index (χ0) is 12.3.